The number of carbonyl (C=O) groups is 1. The molecule has 1 N–H and O–H groups in total. The summed E-state index contributed by atoms with van der Waals surface area (Å²) in [6.07, 6.45) is 0. The molecule has 0 saturated heterocycles. The molecule has 24 heavy (non-hydrogen) atoms. The summed E-state index contributed by atoms with van der Waals surface area (Å²) >= 11 is 4.83. The second-order valence-corrected chi connectivity index (χ2v) is 6.96. The van der Waals surface area contributed by atoms with E-state index >= 15 is 0 Å². The first-order valence-corrected chi connectivity index (χ1v) is 8.73. The molecule has 0 fully saturated rings. The van der Waals surface area contributed by atoms with Crippen LogP contribution < -0.4 is 14.8 Å². The molecule has 5 nitrogen and oxygen atoms in total. The van der Waals surface area contributed by atoms with Crippen LogP contribution in [-0.4, -0.2) is 25.1 Å². The number of thiazole rings is 1. The molecule has 124 valence electrons. The van der Waals surface area contributed by atoms with E-state index in [9.17, 15) is 4.79 Å². The first-order valence-electron chi connectivity index (χ1n) is 7.12. The maximum atomic E-state index is 12.5. The molecule has 3 rings (SSSR count). The van der Waals surface area contributed by atoms with Gasteiger partial charge in [0, 0.05) is 5.56 Å². The van der Waals surface area contributed by atoms with E-state index in [1.54, 1.807) is 12.1 Å². The van der Waals surface area contributed by atoms with Gasteiger partial charge in [-0.1, -0.05) is 17.4 Å². The minimum absolute atomic E-state index is 0.269. The van der Waals surface area contributed by atoms with Gasteiger partial charge in [-0.2, -0.15) is 0 Å². The molecule has 0 unspecified atom stereocenters. The normalized spacial score (nSPS) is 10.7. The number of aryl methyl sites for hydroxylation is 1. The summed E-state index contributed by atoms with van der Waals surface area (Å²) in [5, 5.41) is 3.39. The third-order valence-electron chi connectivity index (χ3n) is 3.47. The molecule has 1 aromatic heterocycles. The average molecular weight is 407 g/mol. The summed E-state index contributed by atoms with van der Waals surface area (Å²) in [6.45, 7) is 2.03. The lowest BCUT2D eigenvalue weighted by molar-refractivity contribution is 0.102. The van der Waals surface area contributed by atoms with Crippen LogP contribution in [-0.2, 0) is 0 Å². The van der Waals surface area contributed by atoms with E-state index < -0.39 is 0 Å². The van der Waals surface area contributed by atoms with Crippen molar-refractivity contribution in [1.82, 2.24) is 4.98 Å². The van der Waals surface area contributed by atoms with E-state index in [1.165, 1.54) is 25.6 Å². The fraction of sp³-hybridized carbons (Fsp3) is 0.176. The Morgan fingerprint density at radius 3 is 2.46 bits per heavy atom. The van der Waals surface area contributed by atoms with Crippen molar-refractivity contribution in [2.45, 2.75) is 6.92 Å². The van der Waals surface area contributed by atoms with Crippen molar-refractivity contribution in [2.75, 3.05) is 19.5 Å². The van der Waals surface area contributed by atoms with E-state index in [0.29, 0.717) is 26.7 Å². The molecule has 0 atom stereocenters. The zero-order valence-electron chi connectivity index (χ0n) is 13.3. The Bertz CT molecular complexity index is 898. The number of anilines is 1. The van der Waals surface area contributed by atoms with E-state index in [4.69, 9.17) is 9.47 Å². The fourth-order valence-electron chi connectivity index (χ4n) is 2.26. The number of fused-ring (bicyclic) bond motifs is 1. The number of rotatable bonds is 4. The van der Waals surface area contributed by atoms with Gasteiger partial charge in [-0.15, -0.1) is 0 Å². The van der Waals surface area contributed by atoms with Crippen LogP contribution in [0.4, 0.5) is 5.13 Å². The van der Waals surface area contributed by atoms with E-state index in [1.807, 2.05) is 25.1 Å². The van der Waals surface area contributed by atoms with Crippen molar-refractivity contribution in [2.24, 2.45) is 0 Å². The van der Waals surface area contributed by atoms with Gasteiger partial charge in [0.05, 0.1) is 24.4 Å². The van der Waals surface area contributed by atoms with Gasteiger partial charge >= 0.3 is 0 Å². The lowest BCUT2D eigenvalue weighted by Gasteiger charge is -2.11. The van der Waals surface area contributed by atoms with Gasteiger partial charge in [-0.3, -0.25) is 10.1 Å². The predicted molar refractivity (Wildman–Crippen MR) is 99.6 cm³/mol. The van der Waals surface area contributed by atoms with Crippen LogP contribution in [0.25, 0.3) is 10.2 Å². The summed E-state index contributed by atoms with van der Waals surface area (Å²) in [7, 11) is 3.08. The lowest BCUT2D eigenvalue weighted by atomic mass is 10.2. The molecule has 0 spiro atoms. The van der Waals surface area contributed by atoms with Gasteiger partial charge in [0.1, 0.15) is 16.0 Å². The van der Waals surface area contributed by atoms with E-state index in [2.05, 4.69) is 26.2 Å². The summed E-state index contributed by atoms with van der Waals surface area (Å²) < 4.78 is 12.2. The Morgan fingerprint density at radius 2 is 1.83 bits per heavy atom. The molecule has 0 bridgehead atoms. The summed E-state index contributed by atoms with van der Waals surface area (Å²) in [6, 6.07) is 9.30. The van der Waals surface area contributed by atoms with Gasteiger partial charge in [0.15, 0.2) is 5.13 Å². The molecule has 7 heteroatoms. The van der Waals surface area contributed by atoms with Gasteiger partial charge in [0.25, 0.3) is 5.91 Å². The largest absolute Gasteiger partial charge is 0.495 e. The topological polar surface area (TPSA) is 60.5 Å². The van der Waals surface area contributed by atoms with Crippen molar-refractivity contribution in [3.63, 3.8) is 0 Å². The van der Waals surface area contributed by atoms with Crippen LogP contribution in [0.5, 0.6) is 11.5 Å². The van der Waals surface area contributed by atoms with Crippen molar-refractivity contribution in [3.05, 3.63) is 45.9 Å². The lowest BCUT2D eigenvalue weighted by Crippen LogP contribution is -2.12. The smallest absolute Gasteiger partial charge is 0.257 e. The van der Waals surface area contributed by atoms with Crippen molar-refractivity contribution < 1.29 is 14.3 Å². The zero-order chi connectivity index (χ0) is 17.3. The van der Waals surface area contributed by atoms with Crippen molar-refractivity contribution in [1.29, 1.82) is 0 Å². The number of nitrogens with zero attached hydrogens (tertiary/aromatic N) is 1. The molecule has 0 aliphatic heterocycles. The molecule has 2 aromatic carbocycles. The number of amides is 1. The van der Waals surface area contributed by atoms with Crippen molar-refractivity contribution >= 4 is 48.5 Å². The maximum Gasteiger partial charge on any atom is 0.257 e. The van der Waals surface area contributed by atoms with E-state index in [-0.39, 0.29) is 5.91 Å². The highest BCUT2D eigenvalue weighted by Gasteiger charge is 2.16. The molecular formula is C17H15BrN2O3S. The number of carbonyl (C=O) groups excluding carboxylic acids is 1. The summed E-state index contributed by atoms with van der Waals surface area (Å²) in [5.74, 6) is 0.786. The van der Waals surface area contributed by atoms with Crippen LogP contribution in [0.2, 0.25) is 0 Å². The zero-order valence-corrected chi connectivity index (χ0v) is 15.7. The predicted octanol–water partition coefficient (Wildman–Crippen LogP) is 4.64. The molecule has 0 radical (unpaired) electrons. The van der Waals surface area contributed by atoms with Gasteiger partial charge in [-0.05, 0) is 52.7 Å². The Balaban J connectivity index is 1.91. The first-order chi connectivity index (χ1) is 11.5. The van der Waals surface area contributed by atoms with Gasteiger partial charge in [0.2, 0.25) is 0 Å². The minimum atomic E-state index is -0.269. The maximum absolute atomic E-state index is 12.5. The molecule has 0 aliphatic carbocycles. The van der Waals surface area contributed by atoms with Crippen molar-refractivity contribution in [3.8, 4) is 11.5 Å². The Labute approximate surface area is 151 Å². The highest BCUT2D eigenvalue weighted by Crippen LogP contribution is 2.36. The summed E-state index contributed by atoms with van der Waals surface area (Å²) in [4.78, 5) is 17.0. The second-order valence-electron chi connectivity index (χ2n) is 5.14. The number of methoxy groups -OCH3 is 2. The Hall–Kier alpha value is -2.12. The number of aromatic nitrogens is 1. The van der Waals surface area contributed by atoms with Crippen LogP contribution in [0.15, 0.2) is 34.8 Å². The van der Waals surface area contributed by atoms with Gasteiger partial charge in [-0.25, -0.2) is 4.98 Å². The molecule has 0 saturated carbocycles. The van der Waals surface area contributed by atoms with Gasteiger partial charge < -0.3 is 9.47 Å². The van der Waals surface area contributed by atoms with Crippen LogP contribution in [0.3, 0.4) is 0 Å². The third kappa shape index (κ3) is 3.22. The highest BCUT2D eigenvalue weighted by atomic mass is 79.9. The standard InChI is InChI=1S/C17H15BrN2O3S/c1-9-4-5-11-14(6-9)24-17(19-11)20-16(21)10-7-12(22-2)15(18)13(8-10)23-3/h4-8H,1-3H3,(H,19,20,21). The number of hydrogen-bond acceptors (Lipinski definition) is 5. The quantitative estimate of drug-likeness (QED) is 0.685. The monoisotopic (exact) mass is 406 g/mol. The number of benzene rings is 2. The minimum Gasteiger partial charge on any atom is -0.495 e. The molecular weight excluding hydrogens is 392 g/mol. The first kappa shape index (κ1) is 16.7. The molecule has 1 amide bonds. The number of hydrogen-bond donors (Lipinski definition) is 1. The number of nitrogens with one attached hydrogen (secondary N) is 1. The average Bonchev–Trinajstić information content (AvgIpc) is 2.96. The third-order valence-corrected chi connectivity index (χ3v) is 5.19. The van der Waals surface area contributed by atoms with Crippen LogP contribution >= 0.6 is 27.3 Å². The van der Waals surface area contributed by atoms with Crippen LogP contribution in [0, 0.1) is 6.92 Å². The van der Waals surface area contributed by atoms with E-state index in [0.717, 1.165) is 15.8 Å². The Kier molecular flexibility index (Phi) is 4.73. The SMILES string of the molecule is COc1cc(C(=O)Nc2nc3ccc(C)cc3s2)cc(OC)c1Br. The number of halogens is 1. The molecule has 3 aromatic rings. The number of ether oxygens (including phenoxy) is 2. The highest BCUT2D eigenvalue weighted by molar-refractivity contribution is 9.10. The fourth-order valence-corrected chi connectivity index (χ4v) is 3.77. The molecule has 1 heterocycles. The summed E-state index contributed by atoms with van der Waals surface area (Å²) in [5.41, 5.74) is 2.46. The van der Waals surface area contributed by atoms with Crippen LogP contribution in [0.1, 0.15) is 15.9 Å². The second kappa shape index (κ2) is 6.78. The molecule has 0 aliphatic rings. The Morgan fingerprint density at radius 1 is 1.17 bits per heavy atom.